The molecule has 2 aromatic rings. The molecule has 0 saturated heterocycles. The first kappa shape index (κ1) is 21.5. The Morgan fingerprint density at radius 2 is 1.50 bits per heavy atom. The second kappa shape index (κ2) is 12.5. The number of unbranched alkanes of at least 4 members (excludes halogenated alkanes) is 5. The average Bonchev–Trinajstić information content (AvgIpc) is 2.64. The highest BCUT2D eigenvalue weighted by Gasteiger charge is 2.12. The van der Waals surface area contributed by atoms with Crippen LogP contribution in [0.4, 0.5) is 0 Å². The maximum absolute atomic E-state index is 6.13. The van der Waals surface area contributed by atoms with Crippen molar-refractivity contribution in [3.8, 4) is 16.9 Å². The van der Waals surface area contributed by atoms with E-state index in [0.717, 1.165) is 51.9 Å². The van der Waals surface area contributed by atoms with Crippen molar-refractivity contribution in [3.63, 3.8) is 0 Å². The zero-order chi connectivity index (χ0) is 18.6. The zero-order valence-electron chi connectivity index (χ0n) is 15.6. The fourth-order valence-corrected chi connectivity index (χ4v) is 4.01. The van der Waals surface area contributed by atoms with Crippen LogP contribution < -0.4 is 10.1 Å². The normalized spacial score (nSPS) is 10.9. The Kier molecular flexibility index (Phi) is 10.3. The minimum atomic E-state index is 0.769. The van der Waals surface area contributed by atoms with Crippen LogP contribution in [0.1, 0.15) is 45.4 Å². The van der Waals surface area contributed by atoms with E-state index in [4.69, 9.17) is 4.74 Å². The summed E-state index contributed by atoms with van der Waals surface area (Å²) in [6, 6.07) is 14.4. The Balaban J connectivity index is 1.78. The number of ether oxygens (including phenoxy) is 1. The molecule has 2 nitrogen and oxygen atoms in total. The van der Waals surface area contributed by atoms with Gasteiger partial charge >= 0.3 is 0 Å². The highest BCUT2D eigenvalue weighted by molar-refractivity contribution is 9.11. The zero-order valence-corrected chi connectivity index (χ0v) is 18.7. The van der Waals surface area contributed by atoms with Crippen LogP contribution >= 0.6 is 31.9 Å². The van der Waals surface area contributed by atoms with Gasteiger partial charge in [0.05, 0.1) is 6.61 Å². The maximum Gasteiger partial charge on any atom is 0.128 e. The predicted octanol–water partition coefficient (Wildman–Crippen LogP) is 7.21. The van der Waals surface area contributed by atoms with E-state index in [9.17, 15) is 0 Å². The van der Waals surface area contributed by atoms with Gasteiger partial charge in [-0.05, 0) is 44.1 Å². The summed E-state index contributed by atoms with van der Waals surface area (Å²) in [5, 5.41) is 3.38. The molecule has 142 valence electrons. The number of halogens is 2. The van der Waals surface area contributed by atoms with Crippen LogP contribution in [-0.4, -0.2) is 19.7 Å². The Hall–Kier alpha value is -0.840. The van der Waals surface area contributed by atoms with Crippen LogP contribution in [0.15, 0.2) is 51.4 Å². The topological polar surface area (TPSA) is 21.3 Å². The van der Waals surface area contributed by atoms with Crippen molar-refractivity contribution in [2.75, 3.05) is 19.7 Å². The van der Waals surface area contributed by atoms with Gasteiger partial charge < -0.3 is 10.1 Å². The molecule has 0 radical (unpaired) electrons. The van der Waals surface area contributed by atoms with Gasteiger partial charge in [0.2, 0.25) is 0 Å². The molecule has 0 saturated carbocycles. The third-order valence-electron chi connectivity index (χ3n) is 4.37. The quantitative estimate of drug-likeness (QED) is 0.322. The molecule has 26 heavy (non-hydrogen) atoms. The highest BCUT2D eigenvalue weighted by Crippen LogP contribution is 2.40. The molecule has 0 bridgehead atoms. The lowest BCUT2D eigenvalue weighted by Gasteiger charge is -2.14. The van der Waals surface area contributed by atoms with Crippen LogP contribution in [0.25, 0.3) is 11.1 Å². The molecule has 2 aromatic carbocycles. The summed E-state index contributed by atoms with van der Waals surface area (Å²) in [7, 11) is 0. The van der Waals surface area contributed by atoms with Crippen LogP contribution in [0.5, 0.6) is 5.75 Å². The van der Waals surface area contributed by atoms with Gasteiger partial charge in [-0.2, -0.15) is 0 Å². The van der Waals surface area contributed by atoms with Crippen LogP contribution in [0.2, 0.25) is 0 Å². The molecule has 2 rings (SSSR count). The minimum Gasteiger partial charge on any atom is -0.493 e. The number of rotatable bonds is 12. The lowest BCUT2D eigenvalue weighted by atomic mass is 10.0. The fraction of sp³-hybridized carbons (Fsp3) is 0.455. The molecule has 4 heteroatoms. The first-order valence-corrected chi connectivity index (χ1v) is 11.2. The highest BCUT2D eigenvalue weighted by atomic mass is 79.9. The molecule has 1 N–H and O–H groups in total. The van der Waals surface area contributed by atoms with Crippen molar-refractivity contribution in [1.82, 2.24) is 5.32 Å². The molecule has 0 fully saturated rings. The smallest absolute Gasteiger partial charge is 0.128 e. The molecule has 0 aliphatic carbocycles. The predicted molar refractivity (Wildman–Crippen MR) is 119 cm³/mol. The van der Waals surface area contributed by atoms with E-state index in [1.165, 1.54) is 32.1 Å². The van der Waals surface area contributed by atoms with E-state index in [1.807, 2.05) is 12.1 Å². The second-order valence-corrected chi connectivity index (χ2v) is 8.12. The minimum absolute atomic E-state index is 0.769. The van der Waals surface area contributed by atoms with E-state index in [0.29, 0.717) is 0 Å². The van der Waals surface area contributed by atoms with E-state index in [2.05, 4.69) is 74.4 Å². The van der Waals surface area contributed by atoms with Gasteiger partial charge in [-0.15, -0.1) is 0 Å². The van der Waals surface area contributed by atoms with Gasteiger partial charge in [-0.25, -0.2) is 0 Å². The summed E-state index contributed by atoms with van der Waals surface area (Å²) < 4.78 is 8.26. The molecule has 0 aromatic heterocycles. The van der Waals surface area contributed by atoms with Gasteiger partial charge in [0.15, 0.2) is 0 Å². The average molecular weight is 483 g/mol. The molecule has 0 spiro atoms. The summed E-state index contributed by atoms with van der Waals surface area (Å²) in [6.45, 7) is 5.16. The lowest BCUT2D eigenvalue weighted by molar-refractivity contribution is 0.305. The molecule has 0 heterocycles. The largest absolute Gasteiger partial charge is 0.493 e. The molecule has 0 atom stereocenters. The molecule has 0 unspecified atom stereocenters. The van der Waals surface area contributed by atoms with Gasteiger partial charge in [0.25, 0.3) is 0 Å². The molecular weight excluding hydrogens is 454 g/mol. The van der Waals surface area contributed by atoms with Gasteiger partial charge in [-0.1, -0.05) is 88.7 Å². The van der Waals surface area contributed by atoms with E-state index >= 15 is 0 Å². The first-order valence-electron chi connectivity index (χ1n) is 9.61. The van der Waals surface area contributed by atoms with Crippen molar-refractivity contribution < 1.29 is 4.74 Å². The number of hydrogen-bond acceptors (Lipinski definition) is 2. The van der Waals surface area contributed by atoms with Crippen molar-refractivity contribution >= 4 is 31.9 Å². The van der Waals surface area contributed by atoms with Gasteiger partial charge in [0, 0.05) is 20.1 Å². The van der Waals surface area contributed by atoms with Gasteiger partial charge in [-0.3, -0.25) is 0 Å². The van der Waals surface area contributed by atoms with Crippen molar-refractivity contribution in [2.45, 2.75) is 45.4 Å². The SMILES string of the molecule is CCNCCCCCCCCOc1cccc(Br)c1-c1ccccc1Br. The Bertz CT molecular complexity index is 660. The van der Waals surface area contributed by atoms with Crippen LogP contribution in [0.3, 0.4) is 0 Å². The molecule has 0 aliphatic rings. The molecular formula is C22H29Br2NO. The summed E-state index contributed by atoms with van der Waals surface area (Å²) in [4.78, 5) is 0. The van der Waals surface area contributed by atoms with E-state index < -0.39 is 0 Å². The Morgan fingerprint density at radius 3 is 2.27 bits per heavy atom. The first-order chi connectivity index (χ1) is 12.7. The lowest BCUT2D eigenvalue weighted by Crippen LogP contribution is -2.13. The van der Waals surface area contributed by atoms with Crippen molar-refractivity contribution in [3.05, 3.63) is 51.4 Å². The number of hydrogen-bond donors (Lipinski definition) is 1. The Labute approximate surface area is 175 Å². The van der Waals surface area contributed by atoms with Crippen molar-refractivity contribution in [2.24, 2.45) is 0 Å². The Morgan fingerprint density at radius 1 is 0.808 bits per heavy atom. The van der Waals surface area contributed by atoms with Crippen LogP contribution in [-0.2, 0) is 0 Å². The third kappa shape index (κ3) is 7.05. The summed E-state index contributed by atoms with van der Waals surface area (Å²) >= 11 is 7.33. The van der Waals surface area contributed by atoms with Gasteiger partial charge in [0.1, 0.15) is 5.75 Å². The van der Waals surface area contributed by atoms with E-state index in [-0.39, 0.29) is 0 Å². The van der Waals surface area contributed by atoms with E-state index in [1.54, 1.807) is 0 Å². The standard InChI is InChI=1S/C22H29Br2NO/c1-2-25-16-9-5-3-4-6-10-17-26-21-15-11-14-20(24)22(21)18-12-7-8-13-19(18)23/h7-8,11-15,25H,2-6,9-10,16-17H2,1H3. The second-order valence-electron chi connectivity index (χ2n) is 6.42. The molecule has 0 aliphatic heterocycles. The summed E-state index contributed by atoms with van der Waals surface area (Å²) in [5.74, 6) is 0.942. The van der Waals surface area contributed by atoms with Crippen molar-refractivity contribution in [1.29, 1.82) is 0 Å². The maximum atomic E-state index is 6.13. The summed E-state index contributed by atoms with van der Waals surface area (Å²) in [6.07, 6.45) is 7.58. The number of benzene rings is 2. The monoisotopic (exact) mass is 481 g/mol. The van der Waals surface area contributed by atoms with Crippen LogP contribution in [0, 0.1) is 0 Å². The number of nitrogens with one attached hydrogen (secondary N) is 1. The summed E-state index contributed by atoms with van der Waals surface area (Å²) in [5.41, 5.74) is 2.26. The molecule has 0 amide bonds. The fourth-order valence-electron chi connectivity index (χ4n) is 2.97. The third-order valence-corrected chi connectivity index (χ3v) is 5.73.